The number of nitrogens with one attached hydrogen (secondary N) is 1. The SMILES string of the molecule is CC(=O)Oc1ccc2[nH]cc(CCN(C)C)c2n1. The summed E-state index contributed by atoms with van der Waals surface area (Å²) >= 11 is 0. The molecule has 0 radical (unpaired) electrons. The van der Waals surface area contributed by atoms with E-state index in [1.807, 2.05) is 26.4 Å². The van der Waals surface area contributed by atoms with Crippen molar-refractivity contribution >= 4 is 17.0 Å². The number of aromatic amines is 1. The summed E-state index contributed by atoms with van der Waals surface area (Å²) in [5.74, 6) is -0.00655. The van der Waals surface area contributed by atoms with Gasteiger partial charge in [0.25, 0.3) is 0 Å². The number of carbonyl (C=O) groups excluding carboxylic acids is 1. The van der Waals surface area contributed by atoms with E-state index >= 15 is 0 Å². The second kappa shape index (κ2) is 5.18. The third-order valence-electron chi connectivity index (χ3n) is 2.65. The highest BCUT2D eigenvalue weighted by atomic mass is 16.5. The van der Waals surface area contributed by atoms with E-state index in [9.17, 15) is 4.79 Å². The fourth-order valence-corrected chi connectivity index (χ4v) is 1.77. The minimum absolute atomic E-state index is 0.348. The molecule has 18 heavy (non-hydrogen) atoms. The molecule has 0 spiro atoms. The van der Waals surface area contributed by atoms with Crippen molar-refractivity contribution in [3.05, 3.63) is 23.9 Å². The summed E-state index contributed by atoms with van der Waals surface area (Å²) < 4.78 is 5.00. The van der Waals surface area contributed by atoms with Crippen LogP contribution in [-0.2, 0) is 11.2 Å². The number of ether oxygens (including phenoxy) is 1. The van der Waals surface area contributed by atoms with Gasteiger partial charge in [-0.2, -0.15) is 0 Å². The Morgan fingerprint density at radius 3 is 2.89 bits per heavy atom. The van der Waals surface area contributed by atoms with Crippen molar-refractivity contribution < 1.29 is 9.53 Å². The summed E-state index contributed by atoms with van der Waals surface area (Å²) in [6, 6.07) is 3.57. The number of hydrogen-bond donors (Lipinski definition) is 1. The number of H-pyrrole nitrogens is 1. The van der Waals surface area contributed by atoms with Gasteiger partial charge in [0, 0.05) is 25.7 Å². The van der Waals surface area contributed by atoms with Gasteiger partial charge in [-0.05, 0) is 32.1 Å². The Morgan fingerprint density at radius 2 is 2.22 bits per heavy atom. The third-order valence-corrected chi connectivity index (χ3v) is 2.65. The Morgan fingerprint density at radius 1 is 1.44 bits per heavy atom. The van der Waals surface area contributed by atoms with Crippen LogP contribution in [0.5, 0.6) is 5.88 Å². The van der Waals surface area contributed by atoms with Crippen LogP contribution in [-0.4, -0.2) is 41.5 Å². The fourth-order valence-electron chi connectivity index (χ4n) is 1.77. The number of aromatic nitrogens is 2. The zero-order valence-electron chi connectivity index (χ0n) is 10.9. The quantitative estimate of drug-likeness (QED) is 0.834. The van der Waals surface area contributed by atoms with E-state index in [-0.39, 0.29) is 5.97 Å². The van der Waals surface area contributed by atoms with Crippen LogP contribution in [0.15, 0.2) is 18.3 Å². The normalized spacial score (nSPS) is 11.1. The first-order chi connectivity index (χ1) is 8.56. The molecule has 0 bridgehead atoms. The van der Waals surface area contributed by atoms with Crippen molar-refractivity contribution in [3.8, 4) is 5.88 Å². The van der Waals surface area contributed by atoms with Crippen molar-refractivity contribution in [1.29, 1.82) is 0 Å². The van der Waals surface area contributed by atoms with Gasteiger partial charge in [0.2, 0.25) is 5.88 Å². The van der Waals surface area contributed by atoms with Crippen LogP contribution in [0.4, 0.5) is 0 Å². The standard InChI is InChI=1S/C13H17N3O2/c1-9(17)18-12-5-4-11-13(15-12)10(8-14-11)6-7-16(2)3/h4-5,8,14H,6-7H2,1-3H3. The molecule has 2 aromatic heterocycles. The average Bonchev–Trinajstić information content (AvgIpc) is 2.68. The minimum Gasteiger partial charge on any atom is -0.408 e. The number of carbonyl (C=O) groups is 1. The molecule has 0 aliphatic rings. The molecule has 0 aliphatic carbocycles. The molecule has 0 aromatic carbocycles. The van der Waals surface area contributed by atoms with Gasteiger partial charge >= 0.3 is 5.97 Å². The molecule has 96 valence electrons. The molecule has 0 fully saturated rings. The number of esters is 1. The second-order valence-corrected chi connectivity index (χ2v) is 4.51. The minimum atomic E-state index is -0.354. The van der Waals surface area contributed by atoms with Crippen molar-refractivity contribution in [3.63, 3.8) is 0 Å². The van der Waals surface area contributed by atoms with Crippen LogP contribution in [0.25, 0.3) is 11.0 Å². The molecule has 0 atom stereocenters. The van der Waals surface area contributed by atoms with Crippen LogP contribution in [0.2, 0.25) is 0 Å². The molecule has 1 N–H and O–H groups in total. The van der Waals surface area contributed by atoms with Gasteiger partial charge in [0.1, 0.15) is 0 Å². The van der Waals surface area contributed by atoms with Crippen molar-refractivity contribution in [2.24, 2.45) is 0 Å². The Balaban J connectivity index is 2.28. The average molecular weight is 247 g/mol. The molecule has 5 nitrogen and oxygen atoms in total. The molecular weight excluding hydrogens is 230 g/mol. The largest absolute Gasteiger partial charge is 0.408 e. The van der Waals surface area contributed by atoms with Crippen LogP contribution in [0.3, 0.4) is 0 Å². The maximum Gasteiger partial charge on any atom is 0.309 e. The molecule has 0 aliphatic heterocycles. The first kappa shape index (κ1) is 12.6. The summed E-state index contributed by atoms with van der Waals surface area (Å²) in [7, 11) is 4.07. The fraction of sp³-hybridized carbons (Fsp3) is 0.385. The Labute approximate surface area is 106 Å². The molecule has 0 amide bonds. The lowest BCUT2D eigenvalue weighted by Crippen LogP contribution is -2.14. The number of hydrogen-bond acceptors (Lipinski definition) is 4. The summed E-state index contributed by atoms with van der Waals surface area (Å²) in [6.07, 6.45) is 2.86. The first-order valence-corrected chi connectivity index (χ1v) is 5.86. The van der Waals surface area contributed by atoms with E-state index in [0.717, 1.165) is 29.6 Å². The van der Waals surface area contributed by atoms with E-state index in [1.54, 1.807) is 6.07 Å². The van der Waals surface area contributed by atoms with Gasteiger partial charge in [0.05, 0.1) is 11.0 Å². The van der Waals surface area contributed by atoms with Crippen LogP contribution < -0.4 is 4.74 Å². The Hall–Kier alpha value is -1.88. The van der Waals surface area contributed by atoms with E-state index < -0.39 is 0 Å². The van der Waals surface area contributed by atoms with Crippen LogP contribution in [0.1, 0.15) is 12.5 Å². The van der Waals surface area contributed by atoms with E-state index in [1.165, 1.54) is 6.92 Å². The lowest BCUT2D eigenvalue weighted by Gasteiger charge is -2.08. The first-order valence-electron chi connectivity index (χ1n) is 5.86. The topological polar surface area (TPSA) is 58.2 Å². The highest BCUT2D eigenvalue weighted by Crippen LogP contribution is 2.20. The predicted octanol–water partition coefficient (Wildman–Crippen LogP) is 1.59. The molecule has 2 heterocycles. The van der Waals surface area contributed by atoms with Crippen molar-refractivity contribution in [2.75, 3.05) is 20.6 Å². The highest BCUT2D eigenvalue weighted by Gasteiger charge is 2.08. The molecule has 2 rings (SSSR count). The maximum atomic E-state index is 10.9. The Bertz CT molecular complexity index is 560. The number of pyridine rings is 1. The number of rotatable bonds is 4. The van der Waals surface area contributed by atoms with Crippen LogP contribution in [0, 0.1) is 0 Å². The highest BCUT2D eigenvalue weighted by molar-refractivity contribution is 5.80. The van der Waals surface area contributed by atoms with E-state index in [4.69, 9.17) is 4.74 Å². The van der Waals surface area contributed by atoms with Gasteiger partial charge in [-0.15, -0.1) is 0 Å². The molecule has 0 saturated heterocycles. The zero-order valence-corrected chi connectivity index (χ0v) is 10.9. The maximum absolute atomic E-state index is 10.9. The number of likely N-dealkylation sites (N-methyl/N-ethyl adjacent to an activating group) is 1. The van der Waals surface area contributed by atoms with E-state index in [0.29, 0.717) is 5.88 Å². The summed E-state index contributed by atoms with van der Waals surface area (Å²) in [5, 5.41) is 0. The second-order valence-electron chi connectivity index (χ2n) is 4.51. The lowest BCUT2D eigenvalue weighted by atomic mass is 10.2. The number of fused-ring (bicyclic) bond motifs is 1. The number of nitrogens with zero attached hydrogens (tertiary/aromatic N) is 2. The van der Waals surface area contributed by atoms with Gasteiger partial charge in [-0.1, -0.05) is 0 Å². The Kier molecular flexibility index (Phi) is 3.62. The van der Waals surface area contributed by atoms with E-state index in [2.05, 4.69) is 14.9 Å². The predicted molar refractivity (Wildman–Crippen MR) is 69.7 cm³/mol. The molecule has 2 aromatic rings. The third kappa shape index (κ3) is 2.87. The lowest BCUT2D eigenvalue weighted by molar-refractivity contribution is -0.132. The van der Waals surface area contributed by atoms with Gasteiger partial charge in [0.15, 0.2) is 0 Å². The summed E-state index contributed by atoms with van der Waals surface area (Å²) in [6.45, 7) is 2.32. The van der Waals surface area contributed by atoms with Gasteiger partial charge < -0.3 is 14.6 Å². The summed E-state index contributed by atoms with van der Waals surface area (Å²) in [4.78, 5) is 20.6. The summed E-state index contributed by atoms with van der Waals surface area (Å²) in [5.41, 5.74) is 2.96. The van der Waals surface area contributed by atoms with Crippen molar-refractivity contribution in [2.45, 2.75) is 13.3 Å². The van der Waals surface area contributed by atoms with Gasteiger partial charge in [-0.3, -0.25) is 4.79 Å². The molecule has 5 heteroatoms. The molecule has 0 unspecified atom stereocenters. The smallest absolute Gasteiger partial charge is 0.309 e. The van der Waals surface area contributed by atoms with Crippen LogP contribution >= 0.6 is 0 Å². The van der Waals surface area contributed by atoms with Gasteiger partial charge in [-0.25, -0.2) is 4.98 Å². The van der Waals surface area contributed by atoms with Crippen molar-refractivity contribution in [1.82, 2.24) is 14.9 Å². The monoisotopic (exact) mass is 247 g/mol. The molecular formula is C13H17N3O2. The molecule has 0 saturated carbocycles. The zero-order chi connectivity index (χ0) is 13.1.